The van der Waals surface area contributed by atoms with Crippen LogP contribution in [0.1, 0.15) is 11.3 Å². The largest absolute Gasteiger partial charge is 0.508 e. The molecule has 2 rings (SSSR count). The van der Waals surface area contributed by atoms with Crippen LogP contribution in [0.5, 0.6) is 5.75 Å². The molecule has 3 nitrogen and oxygen atoms in total. The maximum Gasteiger partial charge on any atom is 0.115 e. The topological polar surface area (TPSA) is 45.1 Å². The predicted molar refractivity (Wildman–Crippen MR) is 65.6 cm³/mol. The van der Waals surface area contributed by atoms with Crippen LogP contribution in [0, 0.1) is 0 Å². The molecule has 2 N–H and O–H groups in total. The van der Waals surface area contributed by atoms with Gasteiger partial charge in [-0.25, -0.2) is 4.98 Å². The molecule has 0 atom stereocenters. The van der Waals surface area contributed by atoms with E-state index in [1.807, 2.05) is 23.0 Å². The number of hydrogen-bond donors (Lipinski definition) is 2. The molecule has 0 amide bonds. The third-order valence-corrected chi connectivity index (χ3v) is 2.95. The quantitative estimate of drug-likeness (QED) is 0.779. The predicted octanol–water partition coefficient (Wildman–Crippen LogP) is 2.18. The number of phenols is 1. The maximum absolute atomic E-state index is 9.13. The Bertz CT molecular complexity index is 411. The van der Waals surface area contributed by atoms with E-state index in [9.17, 15) is 0 Å². The maximum atomic E-state index is 9.13. The lowest BCUT2D eigenvalue weighted by molar-refractivity contribution is 0.475. The molecule has 0 spiro atoms. The molecule has 84 valence electrons. The Kier molecular flexibility index (Phi) is 3.91. The first-order valence-corrected chi connectivity index (χ1v) is 6.14. The Balaban J connectivity index is 1.70. The molecule has 16 heavy (non-hydrogen) atoms. The average Bonchev–Trinajstić information content (AvgIpc) is 2.80. The number of aromatic nitrogens is 1. The molecule has 0 aliphatic heterocycles. The first-order valence-electron chi connectivity index (χ1n) is 5.20. The zero-order valence-electron chi connectivity index (χ0n) is 8.89. The Morgan fingerprint density at radius 3 is 2.75 bits per heavy atom. The fourth-order valence-corrected chi connectivity index (χ4v) is 2.00. The van der Waals surface area contributed by atoms with Gasteiger partial charge in [-0.1, -0.05) is 12.1 Å². The van der Waals surface area contributed by atoms with Crippen LogP contribution in [-0.2, 0) is 13.0 Å². The number of rotatable bonds is 5. The summed E-state index contributed by atoms with van der Waals surface area (Å²) in [5.74, 6) is 0.319. The first kappa shape index (κ1) is 11.1. The summed E-state index contributed by atoms with van der Waals surface area (Å²) >= 11 is 1.62. The molecule has 0 aliphatic rings. The second-order valence-corrected chi connectivity index (χ2v) is 4.29. The highest BCUT2D eigenvalue weighted by Gasteiger charge is 1.95. The fraction of sp³-hybridized carbons (Fsp3) is 0.250. The van der Waals surface area contributed by atoms with Gasteiger partial charge in [-0.2, -0.15) is 0 Å². The second-order valence-electron chi connectivity index (χ2n) is 3.57. The van der Waals surface area contributed by atoms with E-state index < -0.39 is 0 Å². The molecule has 0 aliphatic carbocycles. The molecule has 0 radical (unpaired) electrons. The van der Waals surface area contributed by atoms with Crippen molar-refractivity contribution in [1.82, 2.24) is 10.3 Å². The number of nitrogens with one attached hydrogen (secondary N) is 1. The molecule has 4 heteroatoms. The van der Waals surface area contributed by atoms with Gasteiger partial charge in [0.1, 0.15) is 5.75 Å². The normalized spacial score (nSPS) is 10.5. The van der Waals surface area contributed by atoms with Crippen molar-refractivity contribution in [3.8, 4) is 5.75 Å². The summed E-state index contributed by atoms with van der Waals surface area (Å²) in [7, 11) is 0. The van der Waals surface area contributed by atoms with Crippen LogP contribution < -0.4 is 5.32 Å². The standard InChI is InChI=1S/C12H14N2OS/c15-12-3-1-10(2-4-12)5-6-13-7-11-8-16-9-14-11/h1-4,8-9,13,15H,5-7H2. The summed E-state index contributed by atoms with van der Waals surface area (Å²) in [4.78, 5) is 4.20. The Morgan fingerprint density at radius 1 is 1.25 bits per heavy atom. The zero-order chi connectivity index (χ0) is 11.2. The molecule has 1 aromatic carbocycles. The van der Waals surface area contributed by atoms with Gasteiger partial charge in [0.15, 0.2) is 0 Å². The van der Waals surface area contributed by atoms with Crippen LogP contribution in [0.25, 0.3) is 0 Å². The summed E-state index contributed by atoms with van der Waals surface area (Å²) < 4.78 is 0. The highest BCUT2D eigenvalue weighted by molar-refractivity contribution is 7.07. The van der Waals surface area contributed by atoms with Crippen molar-refractivity contribution in [3.63, 3.8) is 0 Å². The van der Waals surface area contributed by atoms with Gasteiger partial charge in [-0.05, 0) is 30.7 Å². The number of nitrogens with zero attached hydrogens (tertiary/aromatic N) is 1. The van der Waals surface area contributed by atoms with E-state index >= 15 is 0 Å². The minimum atomic E-state index is 0.319. The molecule has 0 fully saturated rings. The van der Waals surface area contributed by atoms with E-state index in [1.54, 1.807) is 23.5 Å². The average molecular weight is 234 g/mol. The lowest BCUT2D eigenvalue weighted by atomic mass is 10.1. The Morgan fingerprint density at radius 2 is 2.06 bits per heavy atom. The molecule has 1 heterocycles. The number of phenolic OH excluding ortho intramolecular Hbond substituents is 1. The summed E-state index contributed by atoms with van der Waals surface area (Å²) in [6.45, 7) is 1.74. The van der Waals surface area contributed by atoms with E-state index in [1.165, 1.54) is 5.56 Å². The fourth-order valence-electron chi connectivity index (χ4n) is 1.44. The molecule has 0 saturated carbocycles. The number of aromatic hydroxyl groups is 1. The van der Waals surface area contributed by atoms with E-state index in [0.29, 0.717) is 5.75 Å². The minimum absolute atomic E-state index is 0.319. The van der Waals surface area contributed by atoms with Gasteiger partial charge < -0.3 is 10.4 Å². The van der Waals surface area contributed by atoms with Crippen molar-refractivity contribution in [2.24, 2.45) is 0 Å². The molecule has 1 aromatic heterocycles. The van der Waals surface area contributed by atoms with E-state index in [-0.39, 0.29) is 0 Å². The van der Waals surface area contributed by atoms with Crippen molar-refractivity contribution in [1.29, 1.82) is 0 Å². The van der Waals surface area contributed by atoms with E-state index in [2.05, 4.69) is 10.3 Å². The van der Waals surface area contributed by atoms with Crippen LogP contribution >= 0.6 is 11.3 Å². The summed E-state index contributed by atoms with van der Waals surface area (Å²) in [5, 5.41) is 14.5. The molecule has 2 aromatic rings. The lowest BCUT2D eigenvalue weighted by Crippen LogP contribution is -2.16. The first-order chi connectivity index (χ1) is 7.84. The van der Waals surface area contributed by atoms with E-state index in [4.69, 9.17) is 5.11 Å². The van der Waals surface area contributed by atoms with Gasteiger partial charge in [-0.15, -0.1) is 11.3 Å². The van der Waals surface area contributed by atoms with Crippen molar-refractivity contribution in [2.75, 3.05) is 6.54 Å². The minimum Gasteiger partial charge on any atom is -0.508 e. The monoisotopic (exact) mass is 234 g/mol. The third-order valence-electron chi connectivity index (χ3n) is 2.32. The number of benzene rings is 1. The molecule has 0 unspecified atom stereocenters. The van der Waals surface area contributed by atoms with Crippen molar-refractivity contribution in [2.45, 2.75) is 13.0 Å². The molecule has 0 saturated heterocycles. The van der Waals surface area contributed by atoms with Gasteiger partial charge in [0.25, 0.3) is 0 Å². The Hall–Kier alpha value is -1.39. The summed E-state index contributed by atoms with van der Waals surface area (Å²) in [6.07, 6.45) is 0.963. The van der Waals surface area contributed by atoms with Gasteiger partial charge in [-0.3, -0.25) is 0 Å². The molecule has 0 bridgehead atoms. The van der Waals surface area contributed by atoms with Crippen molar-refractivity contribution >= 4 is 11.3 Å². The van der Waals surface area contributed by atoms with Gasteiger partial charge in [0, 0.05) is 11.9 Å². The lowest BCUT2D eigenvalue weighted by Gasteiger charge is -2.03. The SMILES string of the molecule is Oc1ccc(CCNCc2cscn2)cc1. The van der Waals surface area contributed by atoms with Crippen LogP contribution in [-0.4, -0.2) is 16.6 Å². The molecular formula is C12H14N2OS. The number of hydrogen-bond acceptors (Lipinski definition) is 4. The summed E-state index contributed by atoms with van der Waals surface area (Å²) in [6, 6.07) is 7.32. The van der Waals surface area contributed by atoms with Crippen molar-refractivity contribution in [3.05, 3.63) is 46.4 Å². The second kappa shape index (κ2) is 5.63. The third kappa shape index (κ3) is 3.32. The van der Waals surface area contributed by atoms with Crippen LogP contribution in [0.4, 0.5) is 0 Å². The van der Waals surface area contributed by atoms with Crippen molar-refractivity contribution < 1.29 is 5.11 Å². The highest BCUT2D eigenvalue weighted by atomic mass is 32.1. The smallest absolute Gasteiger partial charge is 0.115 e. The van der Waals surface area contributed by atoms with E-state index in [0.717, 1.165) is 25.2 Å². The summed E-state index contributed by atoms with van der Waals surface area (Å²) in [5.41, 5.74) is 4.16. The van der Waals surface area contributed by atoms with Crippen LogP contribution in [0.2, 0.25) is 0 Å². The van der Waals surface area contributed by atoms with Crippen LogP contribution in [0.3, 0.4) is 0 Å². The van der Waals surface area contributed by atoms with Gasteiger partial charge >= 0.3 is 0 Å². The highest BCUT2D eigenvalue weighted by Crippen LogP contribution is 2.09. The Labute approximate surface area is 98.8 Å². The van der Waals surface area contributed by atoms with Gasteiger partial charge in [0.2, 0.25) is 0 Å². The van der Waals surface area contributed by atoms with Crippen LogP contribution in [0.15, 0.2) is 35.2 Å². The number of thiazole rings is 1. The zero-order valence-corrected chi connectivity index (χ0v) is 9.70. The van der Waals surface area contributed by atoms with Gasteiger partial charge in [0.05, 0.1) is 11.2 Å². The molecular weight excluding hydrogens is 220 g/mol.